The van der Waals surface area contributed by atoms with Crippen LogP contribution in [0, 0.1) is 11.8 Å². The van der Waals surface area contributed by atoms with E-state index in [0.717, 1.165) is 30.7 Å². The fraction of sp³-hybridized carbons (Fsp3) is 0.647. The molecule has 0 bridgehead atoms. The van der Waals surface area contributed by atoms with Gasteiger partial charge in [-0.15, -0.1) is 0 Å². The van der Waals surface area contributed by atoms with Crippen molar-refractivity contribution in [2.24, 2.45) is 11.8 Å². The summed E-state index contributed by atoms with van der Waals surface area (Å²) in [5.74, 6) is 2.66. The van der Waals surface area contributed by atoms with Crippen LogP contribution in [0.15, 0.2) is 24.3 Å². The van der Waals surface area contributed by atoms with Crippen molar-refractivity contribution in [2.75, 3.05) is 20.2 Å². The van der Waals surface area contributed by atoms with E-state index in [1.165, 1.54) is 37.7 Å². The Kier molecular flexibility index (Phi) is 5.71. The highest BCUT2D eigenvalue weighted by Crippen LogP contribution is 2.33. The number of rotatable bonds is 7. The Morgan fingerprint density at radius 3 is 2.47 bits per heavy atom. The monoisotopic (exact) mass is 261 g/mol. The van der Waals surface area contributed by atoms with Gasteiger partial charge in [0, 0.05) is 0 Å². The van der Waals surface area contributed by atoms with Crippen LogP contribution in [0.2, 0.25) is 0 Å². The van der Waals surface area contributed by atoms with E-state index in [4.69, 9.17) is 4.74 Å². The van der Waals surface area contributed by atoms with Crippen LogP contribution >= 0.6 is 0 Å². The number of methoxy groups -OCH3 is 1. The first-order chi connectivity index (χ1) is 9.33. The Balaban J connectivity index is 1.96. The Morgan fingerprint density at radius 2 is 1.89 bits per heavy atom. The summed E-state index contributed by atoms with van der Waals surface area (Å²) in [6, 6.07) is 8.59. The second kappa shape index (κ2) is 7.54. The number of hydrogen-bond acceptors (Lipinski definition) is 2. The van der Waals surface area contributed by atoms with E-state index in [9.17, 15) is 0 Å². The van der Waals surface area contributed by atoms with Gasteiger partial charge in [0.05, 0.1) is 7.11 Å². The van der Waals surface area contributed by atoms with Crippen LogP contribution in [0.4, 0.5) is 0 Å². The number of hydrogen-bond donors (Lipinski definition) is 1. The maximum atomic E-state index is 5.23. The van der Waals surface area contributed by atoms with E-state index in [0.29, 0.717) is 0 Å². The minimum absolute atomic E-state index is 0.788. The molecular weight excluding hydrogens is 234 g/mol. The van der Waals surface area contributed by atoms with E-state index in [-0.39, 0.29) is 0 Å². The third-order valence-electron chi connectivity index (χ3n) is 4.38. The van der Waals surface area contributed by atoms with Crippen molar-refractivity contribution in [1.29, 1.82) is 0 Å². The van der Waals surface area contributed by atoms with Crippen molar-refractivity contribution in [3.63, 3.8) is 0 Å². The first kappa shape index (κ1) is 14.4. The Morgan fingerprint density at radius 1 is 1.21 bits per heavy atom. The Labute approximate surface area is 117 Å². The van der Waals surface area contributed by atoms with Gasteiger partial charge in [0.2, 0.25) is 0 Å². The molecule has 0 aromatic heterocycles. The van der Waals surface area contributed by atoms with Crippen LogP contribution in [-0.2, 0) is 6.42 Å². The van der Waals surface area contributed by atoms with Gasteiger partial charge in [0.15, 0.2) is 0 Å². The smallest absolute Gasteiger partial charge is 0.118 e. The minimum Gasteiger partial charge on any atom is -0.497 e. The minimum atomic E-state index is 0.788. The Bertz CT molecular complexity index is 354. The lowest BCUT2D eigenvalue weighted by Gasteiger charge is -2.24. The molecule has 2 nitrogen and oxygen atoms in total. The summed E-state index contributed by atoms with van der Waals surface area (Å²) in [6.07, 6.45) is 6.89. The molecule has 1 saturated carbocycles. The summed E-state index contributed by atoms with van der Waals surface area (Å²) in [5, 5.41) is 3.54. The summed E-state index contributed by atoms with van der Waals surface area (Å²) >= 11 is 0. The maximum Gasteiger partial charge on any atom is 0.118 e. The molecule has 2 rings (SSSR count). The fourth-order valence-electron chi connectivity index (χ4n) is 3.23. The highest BCUT2D eigenvalue weighted by molar-refractivity contribution is 5.27. The molecule has 2 heteroatoms. The number of ether oxygens (including phenoxy) is 1. The largest absolute Gasteiger partial charge is 0.497 e. The van der Waals surface area contributed by atoms with Crippen molar-refractivity contribution in [2.45, 2.75) is 39.0 Å². The quantitative estimate of drug-likeness (QED) is 0.809. The van der Waals surface area contributed by atoms with Gasteiger partial charge in [-0.2, -0.15) is 0 Å². The van der Waals surface area contributed by atoms with E-state index < -0.39 is 0 Å². The van der Waals surface area contributed by atoms with Gasteiger partial charge in [-0.05, 0) is 49.0 Å². The van der Waals surface area contributed by atoms with Gasteiger partial charge in [-0.25, -0.2) is 0 Å². The standard InChI is InChI=1S/C17H27NO/c1-3-18-13-16(15-6-4-5-7-15)12-14-8-10-17(19-2)11-9-14/h8-11,15-16,18H,3-7,12-13H2,1-2H3. The zero-order valence-corrected chi connectivity index (χ0v) is 12.3. The molecule has 1 aromatic rings. The third-order valence-corrected chi connectivity index (χ3v) is 4.38. The molecule has 1 fully saturated rings. The van der Waals surface area contributed by atoms with E-state index >= 15 is 0 Å². The first-order valence-electron chi connectivity index (χ1n) is 7.67. The molecule has 0 amide bonds. The van der Waals surface area contributed by atoms with Crippen molar-refractivity contribution >= 4 is 0 Å². The van der Waals surface area contributed by atoms with Gasteiger partial charge in [-0.3, -0.25) is 0 Å². The molecule has 1 unspecified atom stereocenters. The van der Waals surface area contributed by atoms with Crippen LogP contribution in [0.5, 0.6) is 5.75 Å². The zero-order chi connectivity index (χ0) is 13.5. The molecule has 19 heavy (non-hydrogen) atoms. The van der Waals surface area contributed by atoms with Gasteiger partial charge < -0.3 is 10.1 Å². The maximum absolute atomic E-state index is 5.23. The molecule has 0 radical (unpaired) electrons. The lowest BCUT2D eigenvalue weighted by atomic mass is 9.85. The van der Waals surface area contributed by atoms with Crippen LogP contribution in [0.3, 0.4) is 0 Å². The summed E-state index contributed by atoms with van der Waals surface area (Å²) in [6.45, 7) is 4.43. The van der Waals surface area contributed by atoms with Crippen molar-refractivity contribution in [1.82, 2.24) is 5.32 Å². The van der Waals surface area contributed by atoms with Crippen LogP contribution < -0.4 is 10.1 Å². The molecule has 1 atom stereocenters. The Hall–Kier alpha value is -1.02. The molecule has 1 aliphatic carbocycles. The van der Waals surface area contributed by atoms with Crippen molar-refractivity contribution in [3.8, 4) is 5.75 Å². The van der Waals surface area contributed by atoms with Crippen LogP contribution in [-0.4, -0.2) is 20.2 Å². The molecule has 0 saturated heterocycles. The van der Waals surface area contributed by atoms with E-state index in [2.05, 4.69) is 36.5 Å². The molecule has 106 valence electrons. The molecule has 1 aromatic carbocycles. The summed E-state index contributed by atoms with van der Waals surface area (Å²) in [7, 11) is 1.72. The molecular formula is C17H27NO. The molecule has 0 heterocycles. The van der Waals surface area contributed by atoms with E-state index in [1.54, 1.807) is 7.11 Å². The average Bonchev–Trinajstić information content (AvgIpc) is 2.98. The summed E-state index contributed by atoms with van der Waals surface area (Å²) in [4.78, 5) is 0. The predicted molar refractivity (Wildman–Crippen MR) is 80.7 cm³/mol. The normalized spacial score (nSPS) is 17.6. The first-order valence-corrected chi connectivity index (χ1v) is 7.67. The SMILES string of the molecule is CCNCC(Cc1ccc(OC)cc1)C1CCCC1. The van der Waals surface area contributed by atoms with Gasteiger partial charge in [-0.1, -0.05) is 44.7 Å². The third kappa shape index (κ3) is 4.24. The highest BCUT2D eigenvalue weighted by atomic mass is 16.5. The molecule has 1 aliphatic rings. The lowest BCUT2D eigenvalue weighted by Crippen LogP contribution is -2.28. The van der Waals surface area contributed by atoms with E-state index in [1.807, 2.05) is 0 Å². The fourth-order valence-corrected chi connectivity index (χ4v) is 3.23. The lowest BCUT2D eigenvalue weighted by molar-refractivity contribution is 0.323. The number of benzene rings is 1. The summed E-state index contributed by atoms with van der Waals surface area (Å²) < 4.78 is 5.23. The second-order valence-corrected chi connectivity index (χ2v) is 5.66. The van der Waals surface area contributed by atoms with Crippen LogP contribution in [0.1, 0.15) is 38.2 Å². The summed E-state index contributed by atoms with van der Waals surface area (Å²) in [5.41, 5.74) is 1.44. The van der Waals surface area contributed by atoms with Gasteiger partial charge >= 0.3 is 0 Å². The van der Waals surface area contributed by atoms with Gasteiger partial charge in [0.1, 0.15) is 5.75 Å². The highest BCUT2D eigenvalue weighted by Gasteiger charge is 2.24. The van der Waals surface area contributed by atoms with Crippen molar-refractivity contribution in [3.05, 3.63) is 29.8 Å². The molecule has 1 N–H and O–H groups in total. The second-order valence-electron chi connectivity index (χ2n) is 5.66. The van der Waals surface area contributed by atoms with Crippen molar-refractivity contribution < 1.29 is 4.74 Å². The van der Waals surface area contributed by atoms with Gasteiger partial charge in [0.25, 0.3) is 0 Å². The predicted octanol–water partition coefficient (Wildman–Crippen LogP) is 3.65. The number of nitrogens with one attached hydrogen (secondary N) is 1. The van der Waals surface area contributed by atoms with Crippen LogP contribution in [0.25, 0.3) is 0 Å². The average molecular weight is 261 g/mol. The topological polar surface area (TPSA) is 21.3 Å². The molecule has 0 spiro atoms. The molecule has 0 aliphatic heterocycles. The zero-order valence-electron chi connectivity index (χ0n) is 12.3.